The van der Waals surface area contributed by atoms with E-state index in [4.69, 9.17) is 27.9 Å². The predicted octanol–water partition coefficient (Wildman–Crippen LogP) is 5.74. The summed E-state index contributed by atoms with van der Waals surface area (Å²) in [4.78, 5) is 39.7. The minimum absolute atomic E-state index is 0.00540. The van der Waals surface area contributed by atoms with Gasteiger partial charge in [0.25, 0.3) is 5.69 Å². The molecule has 13 heteroatoms. The second-order valence-electron chi connectivity index (χ2n) is 11.3. The second kappa shape index (κ2) is 13.4. The number of aliphatic hydroxyl groups excluding tert-OH is 1. The normalized spacial score (nSPS) is 25.2. The summed E-state index contributed by atoms with van der Waals surface area (Å²) < 4.78 is 21.5. The van der Waals surface area contributed by atoms with E-state index in [0.717, 1.165) is 31.7 Å². The Kier molecular flexibility index (Phi) is 9.76. The van der Waals surface area contributed by atoms with Crippen molar-refractivity contribution >= 4 is 46.5 Å². The van der Waals surface area contributed by atoms with Crippen molar-refractivity contribution < 1.29 is 28.7 Å². The fourth-order valence-corrected chi connectivity index (χ4v) is 7.45. The van der Waals surface area contributed by atoms with Crippen molar-refractivity contribution in [2.24, 2.45) is 5.92 Å². The number of allylic oxidation sites excluding steroid dienone is 4. The van der Waals surface area contributed by atoms with Crippen molar-refractivity contribution in [2.45, 2.75) is 55.9 Å². The first kappa shape index (κ1) is 32.8. The second-order valence-corrected chi connectivity index (χ2v) is 12.3. The molecule has 45 heavy (non-hydrogen) atoms. The average Bonchev–Trinajstić information content (AvgIpc) is 3.70. The molecule has 238 valence electrons. The summed E-state index contributed by atoms with van der Waals surface area (Å²) in [6.45, 7) is 3.05. The molecule has 10 nitrogen and oxygen atoms in total. The van der Waals surface area contributed by atoms with Crippen LogP contribution >= 0.6 is 23.2 Å². The monoisotopic (exact) mass is 658 g/mol. The van der Waals surface area contributed by atoms with Gasteiger partial charge < -0.3 is 20.5 Å². The molecule has 2 aliphatic heterocycles. The summed E-state index contributed by atoms with van der Waals surface area (Å²) in [5.41, 5.74) is -0.703. The van der Waals surface area contributed by atoms with Gasteiger partial charge in [-0.2, -0.15) is 0 Å². The van der Waals surface area contributed by atoms with Crippen LogP contribution in [0.3, 0.4) is 0 Å². The summed E-state index contributed by atoms with van der Waals surface area (Å²) in [6, 6.07) is 7.13. The third-order valence-corrected chi connectivity index (χ3v) is 9.30. The van der Waals surface area contributed by atoms with E-state index in [2.05, 4.69) is 17.2 Å². The Morgan fingerprint density at radius 3 is 2.69 bits per heavy atom. The molecule has 1 spiro atoms. The lowest BCUT2D eigenvalue weighted by Gasteiger charge is -2.42. The van der Waals surface area contributed by atoms with E-state index >= 15 is 4.39 Å². The smallest absolute Gasteiger partial charge is 0.338 e. The summed E-state index contributed by atoms with van der Waals surface area (Å²) in [5, 5.41) is 29.7. The van der Waals surface area contributed by atoms with Crippen molar-refractivity contribution in [1.82, 2.24) is 10.2 Å². The number of carbonyl (C=O) groups is 2. The highest BCUT2D eigenvalue weighted by atomic mass is 35.5. The highest BCUT2D eigenvalue weighted by Crippen LogP contribution is 2.57. The van der Waals surface area contributed by atoms with Gasteiger partial charge in [0.15, 0.2) is 0 Å². The number of halogens is 3. The number of amides is 1. The number of esters is 1. The molecule has 1 amide bonds. The van der Waals surface area contributed by atoms with Crippen LogP contribution in [0.1, 0.15) is 47.2 Å². The number of anilines is 1. The number of hydrogen-bond acceptors (Lipinski definition) is 8. The zero-order valence-electron chi connectivity index (χ0n) is 24.5. The molecule has 3 aliphatic rings. The number of aliphatic hydroxyl groups is 1. The van der Waals surface area contributed by atoms with Gasteiger partial charge >= 0.3 is 5.97 Å². The Morgan fingerprint density at radius 1 is 1.31 bits per heavy atom. The summed E-state index contributed by atoms with van der Waals surface area (Å²) in [7, 11) is 1.18. The number of hydrogen-bond donors (Lipinski definition) is 3. The fourth-order valence-electron chi connectivity index (χ4n) is 7.21. The van der Waals surface area contributed by atoms with Gasteiger partial charge in [-0.05, 0) is 43.2 Å². The van der Waals surface area contributed by atoms with Crippen LogP contribution < -0.4 is 10.6 Å². The summed E-state index contributed by atoms with van der Waals surface area (Å²) in [5.74, 6) is -3.02. The number of methoxy groups -OCH3 is 1. The van der Waals surface area contributed by atoms with Crippen LogP contribution in [0.5, 0.6) is 0 Å². The molecule has 3 N–H and O–H groups in total. The quantitative estimate of drug-likeness (QED) is 0.127. The molecule has 1 aliphatic carbocycles. The molecule has 5 rings (SSSR count). The highest BCUT2D eigenvalue weighted by Gasteiger charge is 2.68. The highest BCUT2D eigenvalue weighted by molar-refractivity contribution is 6.31. The molecular weight excluding hydrogens is 626 g/mol. The van der Waals surface area contributed by atoms with Crippen molar-refractivity contribution in [3.8, 4) is 0 Å². The fraction of sp³-hybridized carbons (Fsp3) is 0.375. The third-order valence-electron chi connectivity index (χ3n) is 8.94. The van der Waals surface area contributed by atoms with Gasteiger partial charge in [-0.25, -0.2) is 9.18 Å². The first-order valence-electron chi connectivity index (χ1n) is 14.5. The van der Waals surface area contributed by atoms with E-state index in [9.17, 15) is 24.8 Å². The Labute approximate surface area is 269 Å². The zero-order valence-corrected chi connectivity index (χ0v) is 26.0. The van der Waals surface area contributed by atoms with Crippen LogP contribution in [-0.2, 0) is 21.6 Å². The number of nitro benzene ring substituents is 1. The minimum atomic E-state index is -1.58. The Balaban J connectivity index is 1.67. The number of rotatable bonds is 10. The SMILES string of the molecule is C=C(Cl)/C=C\C=C(/F)[C@H]1[C@H](NCc2ccc(C(=O)OC)cc2[N+](=O)[O-])[C@H](CO)N(C2CCCC2)[C@@]12C(=O)Nc1cc(Cl)ccc12. The molecule has 4 atom stereocenters. The third kappa shape index (κ3) is 5.91. The van der Waals surface area contributed by atoms with Crippen LogP contribution in [-0.4, -0.2) is 58.6 Å². The molecule has 0 unspecified atom stereocenters. The average molecular weight is 660 g/mol. The van der Waals surface area contributed by atoms with Gasteiger partial charge in [0.2, 0.25) is 5.91 Å². The number of nitrogens with zero attached hydrogens (tertiary/aromatic N) is 2. The number of carbonyl (C=O) groups excluding carboxylic acids is 2. The number of likely N-dealkylation sites (tertiary alicyclic amines) is 1. The first-order valence-corrected chi connectivity index (χ1v) is 15.3. The van der Waals surface area contributed by atoms with E-state index < -0.39 is 52.8 Å². The minimum Gasteiger partial charge on any atom is -0.465 e. The topological polar surface area (TPSA) is 134 Å². The molecule has 0 radical (unpaired) electrons. The van der Waals surface area contributed by atoms with Crippen molar-refractivity contribution in [1.29, 1.82) is 0 Å². The maximum absolute atomic E-state index is 16.8. The van der Waals surface area contributed by atoms with Crippen molar-refractivity contribution in [3.05, 3.63) is 104 Å². The van der Waals surface area contributed by atoms with Crippen molar-refractivity contribution in [2.75, 3.05) is 19.0 Å². The van der Waals surface area contributed by atoms with E-state index in [-0.39, 0.29) is 34.4 Å². The van der Waals surface area contributed by atoms with Crippen LogP contribution in [0.15, 0.2) is 72.1 Å². The number of nitro groups is 1. The lowest BCUT2D eigenvalue weighted by Crippen LogP contribution is -2.56. The summed E-state index contributed by atoms with van der Waals surface area (Å²) >= 11 is 12.2. The maximum atomic E-state index is 16.8. The molecule has 1 saturated carbocycles. The summed E-state index contributed by atoms with van der Waals surface area (Å²) in [6.07, 6.45) is 7.33. The lowest BCUT2D eigenvalue weighted by molar-refractivity contribution is -0.385. The molecule has 0 bridgehead atoms. The molecule has 0 aromatic heterocycles. The van der Waals surface area contributed by atoms with Gasteiger partial charge in [-0.3, -0.25) is 19.8 Å². The first-order chi connectivity index (χ1) is 21.5. The number of ether oxygens (including phenoxy) is 1. The van der Waals surface area contributed by atoms with Crippen molar-refractivity contribution in [3.63, 3.8) is 0 Å². The van der Waals surface area contributed by atoms with Crippen LogP contribution in [0.25, 0.3) is 0 Å². The van der Waals surface area contributed by atoms with Crippen LogP contribution in [0.4, 0.5) is 15.8 Å². The molecular formula is C32H33Cl2FN4O6. The van der Waals surface area contributed by atoms with Crippen LogP contribution in [0, 0.1) is 16.0 Å². The van der Waals surface area contributed by atoms with Crippen LogP contribution in [0.2, 0.25) is 5.02 Å². The van der Waals surface area contributed by atoms with E-state index in [1.807, 2.05) is 4.90 Å². The van der Waals surface area contributed by atoms with Gasteiger partial charge in [0.1, 0.15) is 11.4 Å². The van der Waals surface area contributed by atoms with Gasteiger partial charge in [-0.1, -0.05) is 60.8 Å². The Hall–Kier alpha value is -3.61. The maximum Gasteiger partial charge on any atom is 0.338 e. The number of benzene rings is 2. The predicted molar refractivity (Wildman–Crippen MR) is 169 cm³/mol. The largest absolute Gasteiger partial charge is 0.465 e. The van der Waals surface area contributed by atoms with Gasteiger partial charge in [0, 0.05) is 51.6 Å². The number of nitrogens with one attached hydrogen (secondary N) is 2. The van der Waals surface area contributed by atoms with Gasteiger partial charge in [0.05, 0.1) is 36.2 Å². The Morgan fingerprint density at radius 2 is 2.04 bits per heavy atom. The van der Waals surface area contributed by atoms with Gasteiger partial charge in [-0.15, -0.1) is 0 Å². The Bertz CT molecular complexity index is 1590. The zero-order chi connectivity index (χ0) is 32.5. The lowest BCUT2D eigenvalue weighted by atomic mass is 9.76. The molecule has 1 saturated heterocycles. The molecule has 2 aromatic rings. The number of fused-ring (bicyclic) bond motifs is 2. The molecule has 2 heterocycles. The standard InChI is InChI=1S/C32H33Cl2FN4O6/c1-18(33)6-5-9-24(35)28-29(36-16-20-11-10-19(30(41)45-2)14-26(20)39(43)44)27(17-40)38(22-7-3-4-8-22)32(28)23-13-12-21(34)15-25(23)37-31(32)42/h5-6,9-15,22,27-29,36,40H,1,3-4,7-8,16-17H2,2H3,(H,37,42)/b6-5-,24-9-/t27-,28-,29+,32+/m0/s1. The van der Waals surface area contributed by atoms with E-state index in [1.54, 1.807) is 18.2 Å². The van der Waals surface area contributed by atoms with E-state index in [0.29, 0.717) is 16.3 Å². The van der Waals surface area contributed by atoms with E-state index in [1.165, 1.54) is 37.5 Å². The molecule has 2 fully saturated rings. The molecule has 2 aromatic carbocycles.